The van der Waals surface area contributed by atoms with Crippen molar-refractivity contribution in [1.29, 1.82) is 0 Å². The van der Waals surface area contributed by atoms with Crippen LogP contribution < -0.4 is 10.6 Å². The second-order valence-electron chi connectivity index (χ2n) is 7.82. The van der Waals surface area contributed by atoms with Crippen LogP contribution >= 0.6 is 27.7 Å². The van der Waals surface area contributed by atoms with Crippen LogP contribution in [-0.4, -0.2) is 32.3 Å². The highest BCUT2D eigenvalue weighted by atomic mass is 79.9. The van der Waals surface area contributed by atoms with Crippen molar-refractivity contribution in [2.75, 3.05) is 11.1 Å². The first kappa shape index (κ1) is 24.9. The number of carbonyl (C=O) groups excluding carboxylic acids is 2. The topological polar surface area (TPSA) is 88.9 Å². The summed E-state index contributed by atoms with van der Waals surface area (Å²) >= 11 is 4.73. The van der Waals surface area contributed by atoms with Gasteiger partial charge < -0.3 is 15.2 Å². The Kier molecular flexibility index (Phi) is 8.25. The number of thioether (sulfide) groups is 1. The van der Waals surface area contributed by atoms with Gasteiger partial charge >= 0.3 is 0 Å². The molecule has 0 spiro atoms. The van der Waals surface area contributed by atoms with Crippen molar-refractivity contribution in [3.8, 4) is 0 Å². The lowest BCUT2D eigenvalue weighted by Gasteiger charge is -2.15. The molecule has 3 rings (SSSR count). The van der Waals surface area contributed by atoms with Gasteiger partial charge in [0.05, 0.1) is 11.8 Å². The number of nitrogens with zero attached hydrogens (tertiary/aromatic N) is 3. The van der Waals surface area contributed by atoms with Gasteiger partial charge in [0.25, 0.3) is 5.91 Å². The Labute approximate surface area is 204 Å². The average Bonchev–Trinajstić information content (AvgIpc) is 3.14. The summed E-state index contributed by atoms with van der Waals surface area (Å²) in [4.78, 5) is 24.9. The fourth-order valence-corrected chi connectivity index (χ4v) is 4.31. The molecular formula is C23H25BrFN5O2S. The highest BCUT2D eigenvalue weighted by molar-refractivity contribution is 9.10. The predicted octanol–water partition coefficient (Wildman–Crippen LogP) is 5.06. The number of aromatic nitrogens is 3. The molecule has 0 saturated carbocycles. The molecule has 0 fully saturated rings. The number of anilines is 1. The van der Waals surface area contributed by atoms with E-state index in [4.69, 9.17) is 0 Å². The summed E-state index contributed by atoms with van der Waals surface area (Å²) in [6, 6.07) is 10.7. The third kappa shape index (κ3) is 6.42. The van der Waals surface area contributed by atoms with Crippen molar-refractivity contribution in [1.82, 2.24) is 20.1 Å². The van der Waals surface area contributed by atoms with E-state index in [1.165, 1.54) is 36.0 Å². The molecule has 10 heteroatoms. The minimum atomic E-state index is -0.431. The van der Waals surface area contributed by atoms with E-state index in [-0.39, 0.29) is 23.5 Å². The molecule has 2 N–H and O–H groups in total. The van der Waals surface area contributed by atoms with Gasteiger partial charge in [0.2, 0.25) is 5.91 Å². The van der Waals surface area contributed by atoms with E-state index in [0.29, 0.717) is 16.5 Å². The van der Waals surface area contributed by atoms with Gasteiger partial charge in [0, 0.05) is 22.8 Å². The Morgan fingerprint density at radius 2 is 1.82 bits per heavy atom. The summed E-state index contributed by atoms with van der Waals surface area (Å²) in [7, 11) is 1.78. The summed E-state index contributed by atoms with van der Waals surface area (Å²) < 4.78 is 15.8. The van der Waals surface area contributed by atoms with Crippen LogP contribution in [0.3, 0.4) is 0 Å². The summed E-state index contributed by atoms with van der Waals surface area (Å²) in [5, 5.41) is 14.7. The number of hydrogen-bond acceptors (Lipinski definition) is 5. The summed E-state index contributed by atoms with van der Waals surface area (Å²) in [6.07, 6.45) is 0. The van der Waals surface area contributed by atoms with Crippen LogP contribution in [0.5, 0.6) is 0 Å². The van der Waals surface area contributed by atoms with Crippen LogP contribution in [0.1, 0.15) is 54.5 Å². The molecule has 7 nitrogen and oxygen atoms in total. The maximum atomic E-state index is 13.1. The number of hydrogen-bond donors (Lipinski definition) is 2. The predicted molar refractivity (Wildman–Crippen MR) is 131 cm³/mol. The lowest BCUT2D eigenvalue weighted by atomic mass is 10.0. The molecule has 0 unspecified atom stereocenters. The van der Waals surface area contributed by atoms with E-state index in [0.717, 1.165) is 15.7 Å². The maximum absolute atomic E-state index is 13.1. The molecule has 0 saturated heterocycles. The summed E-state index contributed by atoms with van der Waals surface area (Å²) in [5.41, 5.74) is 2.19. The van der Waals surface area contributed by atoms with Crippen molar-refractivity contribution in [3.05, 3.63) is 69.7 Å². The molecule has 174 valence electrons. The highest BCUT2D eigenvalue weighted by Crippen LogP contribution is 2.28. The lowest BCUT2D eigenvalue weighted by molar-refractivity contribution is -0.113. The van der Waals surface area contributed by atoms with Gasteiger partial charge in [0.1, 0.15) is 5.82 Å². The van der Waals surface area contributed by atoms with Gasteiger partial charge in [-0.1, -0.05) is 41.5 Å². The average molecular weight is 534 g/mol. The van der Waals surface area contributed by atoms with Gasteiger partial charge in [0.15, 0.2) is 11.0 Å². The van der Waals surface area contributed by atoms with Gasteiger partial charge in [-0.2, -0.15) is 0 Å². The van der Waals surface area contributed by atoms with Crippen molar-refractivity contribution >= 4 is 45.2 Å². The molecule has 0 bridgehead atoms. The second-order valence-corrected chi connectivity index (χ2v) is 9.68. The molecule has 0 aliphatic heterocycles. The van der Waals surface area contributed by atoms with Crippen LogP contribution in [0.4, 0.5) is 10.1 Å². The van der Waals surface area contributed by atoms with Crippen LogP contribution in [0.15, 0.2) is 52.1 Å². The Balaban J connectivity index is 1.60. The number of nitrogens with one attached hydrogen (secondary N) is 2. The van der Waals surface area contributed by atoms with Crippen molar-refractivity contribution < 1.29 is 14.0 Å². The van der Waals surface area contributed by atoms with Crippen molar-refractivity contribution in [2.45, 2.75) is 37.9 Å². The van der Waals surface area contributed by atoms with Crippen LogP contribution in [-0.2, 0) is 11.8 Å². The molecule has 0 aliphatic carbocycles. The maximum Gasteiger partial charge on any atom is 0.251 e. The van der Waals surface area contributed by atoms with E-state index in [2.05, 4.69) is 50.6 Å². The number of benzene rings is 2. The highest BCUT2D eigenvalue weighted by Gasteiger charge is 2.19. The monoisotopic (exact) mass is 533 g/mol. The minimum absolute atomic E-state index is 0.147. The third-order valence-electron chi connectivity index (χ3n) is 4.95. The van der Waals surface area contributed by atoms with Crippen molar-refractivity contribution in [3.63, 3.8) is 0 Å². The van der Waals surface area contributed by atoms with Gasteiger partial charge in [-0.05, 0) is 60.9 Å². The first-order valence-electron chi connectivity index (χ1n) is 10.3. The fourth-order valence-electron chi connectivity index (χ4n) is 3.22. The molecule has 3 aromatic rings. The lowest BCUT2D eigenvalue weighted by Crippen LogP contribution is -2.28. The smallest absolute Gasteiger partial charge is 0.251 e. The van der Waals surface area contributed by atoms with Gasteiger partial charge in [-0.15, -0.1) is 10.2 Å². The standard InChI is InChI=1S/C23H25BrFN5O2S/c1-13(2)18-11-16(24)7-10-19(18)27-20(31)12-33-23-29-28-21(30(23)4)14(3)26-22(32)15-5-8-17(25)9-6-15/h5-11,13-14H,12H2,1-4H3,(H,26,32)(H,27,31)/t14-/m1/s1. The fraction of sp³-hybridized carbons (Fsp3) is 0.304. The van der Waals surface area contributed by atoms with Crippen LogP contribution in [0.25, 0.3) is 0 Å². The summed E-state index contributed by atoms with van der Waals surface area (Å²) in [5.74, 6) is 0.0810. The zero-order valence-electron chi connectivity index (χ0n) is 18.7. The number of amides is 2. The molecule has 1 atom stereocenters. The second kappa shape index (κ2) is 10.9. The molecule has 2 amide bonds. The molecule has 0 radical (unpaired) electrons. The van der Waals surface area contributed by atoms with E-state index in [1.54, 1.807) is 18.5 Å². The number of halogens is 2. The van der Waals surface area contributed by atoms with E-state index in [1.807, 2.05) is 18.2 Å². The van der Waals surface area contributed by atoms with Crippen LogP contribution in [0.2, 0.25) is 0 Å². The first-order valence-corrected chi connectivity index (χ1v) is 12.1. The van der Waals surface area contributed by atoms with Gasteiger partial charge in [-0.3, -0.25) is 9.59 Å². The quantitative estimate of drug-likeness (QED) is 0.395. The Hall–Kier alpha value is -2.72. The SMILES string of the molecule is CC(C)c1cc(Br)ccc1NC(=O)CSc1nnc([C@@H](C)NC(=O)c2ccc(F)cc2)n1C. The summed E-state index contributed by atoms with van der Waals surface area (Å²) in [6.45, 7) is 5.93. The first-order chi connectivity index (χ1) is 15.7. The largest absolute Gasteiger partial charge is 0.342 e. The molecule has 33 heavy (non-hydrogen) atoms. The Morgan fingerprint density at radius 1 is 1.12 bits per heavy atom. The zero-order chi connectivity index (χ0) is 24.1. The van der Waals surface area contributed by atoms with E-state index < -0.39 is 11.9 Å². The molecular weight excluding hydrogens is 509 g/mol. The molecule has 1 heterocycles. The Morgan fingerprint density at radius 3 is 2.48 bits per heavy atom. The Bertz CT molecular complexity index is 1150. The molecule has 2 aromatic carbocycles. The third-order valence-corrected chi connectivity index (χ3v) is 6.47. The number of carbonyl (C=O) groups is 2. The normalized spacial score (nSPS) is 12.0. The van der Waals surface area contributed by atoms with Crippen LogP contribution in [0, 0.1) is 5.82 Å². The number of rotatable bonds is 8. The van der Waals surface area contributed by atoms with Gasteiger partial charge in [-0.25, -0.2) is 4.39 Å². The van der Waals surface area contributed by atoms with E-state index in [9.17, 15) is 14.0 Å². The molecule has 0 aliphatic rings. The van der Waals surface area contributed by atoms with E-state index >= 15 is 0 Å². The van der Waals surface area contributed by atoms with Crippen molar-refractivity contribution in [2.24, 2.45) is 7.05 Å². The molecule has 1 aromatic heterocycles. The zero-order valence-corrected chi connectivity index (χ0v) is 21.1. The minimum Gasteiger partial charge on any atom is -0.342 e.